The van der Waals surface area contributed by atoms with E-state index in [2.05, 4.69) is 4.98 Å². The minimum Gasteiger partial charge on any atom is -0.462 e. The highest BCUT2D eigenvalue weighted by Gasteiger charge is 2.25. The van der Waals surface area contributed by atoms with Crippen molar-refractivity contribution in [1.29, 1.82) is 0 Å². The molecule has 1 amide bonds. The van der Waals surface area contributed by atoms with Gasteiger partial charge in [0, 0.05) is 18.3 Å². The molecule has 1 aliphatic heterocycles. The fourth-order valence-electron chi connectivity index (χ4n) is 2.91. The molecule has 1 aromatic rings. The number of hydrogen-bond acceptors (Lipinski definition) is 5. The number of anilines is 1. The van der Waals surface area contributed by atoms with E-state index < -0.39 is 0 Å². The summed E-state index contributed by atoms with van der Waals surface area (Å²) in [6.45, 7) is 0.734. The standard InChI is InChI=1S/C15H20N2O3S/c18-13-7-4-8-17(13)15-16-11(10-21-15)9-14(19)20-12-5-2-1-3-6-12/h10,12H,1-9H2. The predicted octanol–water partition coefficient (Wildman–Crippen LogP) is 2.69. The number of nitrogens with zero attached hydrogens (tertiary/aromatic N) is 2. The van der Waals surface area contributed by atoms with E-state index in [-0.39, 0.29) is 24.4 Å². The summed E-state index contributed by atoms with van der Waals surface area (Å²) in [5.74, 6) is -0.0767. The van der Waals surface area contributed by atoms with E-state index in [1.807, 2.05) is 5.38 Å². The summed E-state index contributed by atoms with van der Waals surface area (Å²) in [5, 5.41) is 2.56. The van der Waals surface area contributed by atoms with Crippen molar-refractivity contribution in [2.45, 2.75) is 57.5 Å². The Morgan fingerprint density at radius 3 is 2.86 bits per heavy atom. The van der Waals surface area contributed by atoms with Crippen molar-refractivity contribution in [2.75, 3.05) is 11.4 Å². The lowest BCUT2D eigenvalue weighted by Gasteiger charge is -2.21. The fourth-order valence-corrected chi connectivity index (χ4v) is 3.78. The van der Waals surface area contributed by atoms with Crippen LogP contribution in [0.15, 0.2) is 5.38 Å². The molecule has 114 valence electrons. The van der Waals surface area contributed by atoms with E-state index in [1.54, 1.807) is 4.90 Å². The molecule has 0 atom stereocenters. The van der Waals surface area contributed by atoms with E-state index in [0.717, 1.165) is 38.6 Å². The first kappa shape index (κ1) is 14.5. The normalized spacial score (nSPS) is 20.0. The van der Waals surface area contributed by atoms with Crippen LogP contribution in [-0.2, 0) is 20.7 Å². The number of aromatic nitrogens is 1. The molecule has 0 unspecified atom stereocenters. The van der Waals surface area contributed by atoms with Gasteiger partial charge in [-0.3, -0.25) is 14.5 Å². The van der Waals surface area contributed by atoms with Crippen LogP contribution in [0.5, 0.6) is 0 Å². The summed E-state index contributed by atoms with van der Waals surface area (Å²) in [4.78, 5) is 29.7. The van der Waals surface area contributed by atoms with Crippen molar-refractivity contribution >= 4 is 28.3 Å². The Morgan fingerprint density at radius 1 is 1.33 bits per heavy atom. The lowest BCUT2D eigenvalue weighted by atomic mass is 9.98. The van der Waals surface area contributed by atoms with Gasteiger partial charge in [0.1, 0.15) is 6.10 Å². The molecule has 1 aliphatic carbocycles. The second-order valence-corrected chi connectivity index (χ2v) is 6.53. The lowest BCUT2D eigenvalue weighted by Crippen LogP contribution is -2.24. The highest BCUT2D eigenvalue weighted by atomic mass is 32.1. The zero-order chi connectivity index (χ0) is 14.7. The van der Waals surface area contributed by atoms with Gasteiger partial charge in [-0.05, 0) is 32.1 Å². The van der Waals surface area contributed by atoms with E-state index in [1.165, 1.54) is 17.8 Å². The number of rotatable bonds is 4. The number of thiazole rings is 1. The maximum atomic E-state index is 11.9. The Labute approximate surface area is 128 Å². The van der Waals surface area contributed by atoms with E-state index in [4.69, 9.17) is 4.74 Å². The first-order valence-corrected chi connectivity index (χ1v) is 8.54. The van der Waals surface area contributed by atoms with Crippen molar-refractivity contribution in [3.05, 3.63) is 11.1 Å². The molecular weight excluding hydrogens is 288 g/mol. The third-order valence-electron chi connectivity index (χ3n) is 4.02. The largest absolute Gasteiger partial charge is 0.462 e. The highest BCUT2D eigenvalue weighted by Crippen LogP contribution is 2.26. The van der Waals surface area contributed by atoms with E-state index in [9.17, 15) is 9.59 Å². The Balaban J connectivity index is 1.54. The molecule has 0 aromatic carbocycles. The number of amides is 1. The molecule has 1 saturated heterocycles. The molecule has 5 nitrogen and oxygen atoms in total. The van der Waals surface area contributed by atoms with E-state index in [0.29, 0.717) is 17.2 Å². The number of hydrogen-bond donors (Lipinski definition) is 0. The number of ether oxygens (including phenoxy) is 1. The Kier molecular flexibility index (Phi) is 4.53. The molecule has 2 aliphatic rings. The molecule has 21 heavy (non-hydrogen) atoms. The minimum atomic E-state index is -0.202. The zero-order valence-corrected chi connectivity index (χ0v) is 12.9. The summed E-state index contributed by atoms with van der Waals surface area (Å²) in [6.07, 6.45) is 7.28. The average molecular weight is 308 g/mol. The Morgan fingerprint density at radius 2 is 2.14 bits per heavy atom. The van der Waals surface area contributed by atoms with Gasteiger partial charge in [0.25, 0.3) is 0 Å². The van der Waals surface area contributed by atoms with Crippen molar-refractivity contribution < 1.29 is 14.3 Å². The van der Waals surface area contributed by atoms with Gasteiger partial charge in [-0.25, -0.2) is 4.98 Å². The molecule has 2 fully saturated rings. The number of esters is 1. The third-order valence-corrected chi connectivity index (χ3v) is 4.93. The van der Waals surface area contributed by atoms with Gasteiger partial charge in [0.2, 0.25) is 5.91 Å². The summed E-state index contributed by atoms with van der Waals surface area (Å²) in [7, 11) is 0. The van der Waals surface area contributed by atoms with Crippen molar-refractivity contribution in [3.8, 4) is 0 Å². The monoisotopic (exact) mass is 308 g/mol. The van der Waals surface area contributed by atoms with Crippen molar-refractivity contribution in [2.24, 2.45) is 0 Å². The zero-order valence-electron chi connectivity index (χ0n) is 12.0. The van der Waals surface area contributed by atoms with Gasteiger partial charge in [0.05, 0.1) is 12.1 Å². The van der Waals surface area contributed by atoms with Crippen LogP contribution >= 0.6 is 11.3 Å². The summed E-state index contributed by atoms with van der Waals surface area (Å²) in [6, 6.07) is 0. The number of carbonyl (C=O) groups is 2. The van der Waals surface area contributed by atoms with Crippen molar-refractivity contribution in [3.63, 3.8) is 0 Å². The van der Waals surface area contributed by atoms with Crippen LogP contribution in [0.3, 0.4) is 0 Å². The molecule has 0 spiro atoms. The maximum Gasteiger partial charge on any atom is 0.312 e. The second kappa shape index (κ2) is 6.56. The van der Waals surface area contributed by atoms with Gasteiger partial charge in [0.15, 0.2) is 5.13 Å². The summed E-state index contributed by atoms with van der Waals surface area (Å²) < 4.78 is 5.50. The van der Waals surface area contributed by atoms with Gasteiger partial charge < -0.3 is 4.74 Å². The van der Waals surface area contributed by atoms with Gasteiger partial charge in [-0.1, -0.05) is 6.42 Å². The van der Waals surface area contributed by atoms with Crippen LogP contribution in [-0.4, -0.2) is 29.5 Å². The SMILES string of the molecule is O=C(Cc1csc(N2CCCC2=O)n1)OC1CCCCC1. The van der Waals surface area contributed by atoms with Gasteiger partial charge in [-0.2, -0.15) is 0 Å². The minimum absolute atomic E-state index is 0.0875. The van der Waals surface area contributed by atoms with Gasteiger partial charge in [-0.15, -0.1) is 11.3 Å². The first-order chi connectivity index (χ1) is 10.2. The Hall–Kier alpha value is -1.43. The van der Waals surface area contributed by atoms with Crippen LogP contribution in [0.1, 0.15) is 50.6 Å². The molecule has 0 N–H and O–H groups in total. The fraction of sp³-hybridized carbons (Fsp3) is 0.667. The Bertz CT molecular complexity index is 523. The summed E-state index contributed by atoms with van der Waals surface area (Å²) >= 11 is 1.42. The average Bonchev–Trinajstić information content (AvgIpc) is 3.08. The van der Waals surface area contributed by atoms with Crippen LogP contribution in [0.4, 0.5) is 5.13 Å². The molecule has 6 heteroatoms. The highest BCUT2D eigenvalue weighted by molar-refractivity contribution is 7.14. The first-order valence-electron chi connectivity index (χ1n) is 7.66. The smallest absolute Gasteiger partial charge is 0.312 e. The number of carbonyl (C=O) groups excluding carboxylic acids is 2. The molecule has 3 rings (SSSR count). The molecule has 1 saturated carbocycles. The molecule has 0 bridgehead atoms. The third kappa shape index (κ3) is 3.61. The molecule has 1 aromatic heterocycles. The van der Waals surface area contributed by atoms with Gasteiger partial charge >= 0.3 is 5.97 Å². The quantitative estimate of drug-likeness (QED) is 0.802. The van der Waals surface area contributed by atoms with Crippen LogP contribution in [0.2, 0.25) is 0 Å². The predicted molar refractivity (Wildman–Crippen MR) is 80.4 cm³/mol. The van der Waals surface area contributed by atoms with Crippen LogP contribution in [0, 0.1) is 0 Å². The maximum absolute atomic E-state index is 11.9. The lowest BCUT2D eigenvalue weighted by molar-refractivity contribution is -0.149. The molecule has 2 heterocycles. The molecular formula is C15H20N2O3S. The van der Waals surface area contributed by atoms with Crippen LogP contribution < -0.4 is 4.90 Å². The second-order valence-electron chi connectivity index (χ2n) is 5.70. The molecule has 0 radical (unpaired) electrons. The van der Waals surface area contributed by atoms with E-state index >= 15 is 0 Å². The van der Waals surface area contributed by atoms with Crippen molar-refractivity contribution in [1.82, 2.24) is 4.98 Å². The van der Waals surface area contributed by atoms with Crippen LogP contribution in [0.25, 0.3) is 0 Å². The summed E-state index contributed by atoms with van der Waals surface area (Å²) in [5.41, 5.74) is 0.704. The topological polar surface area (TPSA) is 59.5 Å².